The first kappa shape index (κ1) is 19.4. The number of aryl methyl sites for hydroxylation is 1. The van der Waals surface area contributed by atoms with Crippen molar-refractivity contribution in [2.45, 2.75) is 32.7 Å². The first-order valence-electron chi connectivity index (χ1n) is 9.25. The zero-order valence-electron chi connectivity index (χ0n) is 16.0. The summed E-state index contributed by atoms with van der Waals surface area (Å²) >= 11 is 0. The fourth-order valence-electron chi connectivity index (χ4n) is 3.18. The highest BCUT2D eigenvalue weighted by atomic mass is 16.2. The highest BCUT2D eigenvalue weighted by Gasteiger charge is 2.34. The quantitative estimate of drug-likeness (QED) is 0.757. The summed E-state index contributed by atoms with van der Waals surface area (Å²) in [5.74, 6) is -0.373. The van der Waals surface area contributed by atoms with Crippen molar-refractivity contribution < 1.29 is 14.4 Å². The number of hydrogen-bond acceptors (Lipinski definition) is 3. The molecule has 0 spiro atoms. The number of carbonyl (C=O) groups excluding carboxylic acids is 3. The molecule has 1 unspecified atom stereocenters. The molecule has 1 aliphatic rings. The average Bonchev–Trinajstić information content (AvgIpc) is 3.15. The highest BCUT2D eigenvalue weighted by Crippen LogP contribution is 2.21. The van der Waals surface area contributed by atoms with Crippen LogP contribution in [0.25, 0.3) is 0 Å². The summed E-state index contributed by atoms with van der Waals surface area (Å²) < 4.78 is 0. The van der Waals surface area contributed by atoms with Gasteiger partial charge in [-0.25, -0.2) is 4.79 Å². The third-order valence-electron chi connectivity index (χ3n) is 4.59. The van der Waals surface area contributed by atoms with Crippen molar-refractivity contribution in [2.75, 3.05) is 22.5 Å². The molecule has 0 aromatic heterocycles. The Morgan fingerprint density at radius 1 is 0.857 bits per heavy atom. The molecule has 1 saturated heterocycles. The lowest BCUT2D eigenvalue weighted by Gasteiger charge is -2.24. The molecule has 1 heterocycles. The third kappa shape index (κ3) is 4.88. The maximum absolute atomic E-state index is 12.7. The zero-order valence-corrected chi connectivity index (χ0v) is 16.0. The van der Waals surface area contributed by atoms with Crippen LogP contribution in [0.15, 0.2) is 48.5 Å². The second-order valence-corrected chi connectivity index (χ2v) is 6.90. The van der Waals surface area contributed by atoms with Gasteiger partial charge in [-0.1, -0.05) is 17.7 Å². The second kappa shape index (κ2) is 8.56. The lowest BCUT2D eigenvalue weighted by molar-refractivity contribution is -0.119. The van der Waals surface area contributed by atoms with Crippen LogP contribution >= 0.6 is 0 Å². The van der Waals surface area contributed by atoms with E-state index >= 15 is 0 Å². The molecule has 0 radical (unpaired) electrons. The van der Waals surface area contributed by atoms with Crippen molar-refractivity contribution in [3.8, 4) is 0 Å². The largest absolute Gasteiger partial charge is 0.326 e. The summed E-state index contributed by atoms with van der Waals surface area (Å²) in [6.07, 6.45) is 1.40. The lowest BCUT2D eigenvalue weighted by atomic mass is 10.2. The van der Waals surface area contributed by atoms with Crippen molar-refractivity contribution in [3.05, 3.63) is 54.1 Å². The van der Waals surface area contributed by atoms with Crippen molar-refractivity contribution >= 4 is 34.9 Å². The minimum atomic E-state index is -0.513. The Morgan fingerprint density at radius 3 is 2.00 bits per heavy atom. The van der Waals surface area contributed by atoms with E-state index in [1.807, 2.05) is 31.2 Å². The fourth-order valence-corrected chi connectivity index (χ4v) is 3.18. The molecule has 0 bridgehead atoms. The number of anilines is 3. The number of nitrogens with one attached hydrogen (secondary N) is 3. The molecule has 1 fully saturated rings. The smallest absolute Gasteiger partial charge is 0.322 e. The van der Waals surface area contributed by atoms with Gasteiger partial charge in [0, 0.05) is 30.5 Å². The van der Waals surface area contributed by atoms with Crippen molar-refractivity contribution in [1.29, 1.82) is 0 Å². The van der Waals surface area contributed by atoms with Gasteiger partial charge in [0.2, 0.25) is 11.8 Å². The van der Waals surface area contributed by atoms with Crippen LogP contribution in [0.5, 0.6) is 0 Å². The Balaban J connectivity index is 1.61. The van der Waals surface area contributed by atoms with Gasteiger partial charge in [-0.05, 0) is 56.2 Å². The van der Waals surface area contributed by atoms with Gasteiger partial charge in [-0.3, -0.25) is 9.59 Å². The van der Waals surface area contributed by atoms with E-state index in [-0.39, 0.29) is 17.8 Å². The molecule has 2 aromatic rings. The summed E-state index contributed by atoms with van der Waals surface area (Å²) in [5.41, 5.74) is 3.09. The number of nitrogens with zero attached hydrogens (tertiary/aromatic N) is 1. The first-order valence-corrected chi connectivity index (χ1v) is 9.25. The molecule has 146 valence electrons. The van der Waals surface area contributed by atoms with Crippen LogP contribution in [-0.2, 0) is 9.59 Å². The van der Waals surface area contributed by atoms with E-state index in [9.17, 15) is 14.4 Å². The van der Waals surface area contributed by atoms with E-state index in [1.54, 1.807) is 29.2 Å². The average molecular weight is 380 g/mol. The Labute approximate surface area is 164 Å². The third-order valence-corrected chi connectivity index (χ3v) is 4.59. The summed E-state index contributed by atoms with van der Waals surface area (Å²) in [6.45, 7) is 3.96. The highest BCUT2D eigenvalue weighted by molar-refractivity contribution is 5.99. The molecule has 1 atom stereocenters. The minimum absolute atomic E-state index is 0.155. The molecule has 3 rings (SSSR count). The van der Waals surface area contributed by atoms with Gasteiger partial charge in [0.1, 0.15) is 6.04 Å². The van der Waals surface area contributed by atoms with Gasteiger partial charge in [0.25, 0.3) is 0 Å². The summed E-state index contributed by atoms with van der Waals surface area (Å²) in [7, 11) is 0. The van der Waals surface area contributed by atoms with Gasteiger partial charge < -0.3 is 20.9 Å². The van der Waals surface area contributed by atoms with Crippen LogP contribution in [0.4, 0.5) is 21.9 Å². The van der Waals surface area contributed by atoms with E-state index in [1.165, 1.54) is 6.92 Å². The number of urea groups is 1. The molecular formula is C21H24N4O3. The Kier molecular flexibility index (Phi) is 5.93. The molecule has 4 amide bonds. The van der Waals surface area contributed by atoms with E-state index in [0.717, 1.165) is 12.0 Å². The standard InChI is InChI=1S/C21H24N4O3/c1-14-5-7-18(8-6-14)24-21(28)25-13-3-4-19(25)20(27)23-17-11-9-16(10-12-17)22-15(2)26/h5-12,19H,3-4,13H2,1-2H3,(H,22,26)(H,23,27)(H,24,28). The lowest BCUT2D eigenvalue weighted by Crippen LogP contribution is -2.45. The van der Waals surface area contributed by atoms with Crippen molar-refractivity contribution in [1.82, 2.24) is 4.90 Å². The Hall–Kier alpha value is -3.35. The second-order valence-electron chi connectivity index (χ2n) is 6.90. The molecule has 0 aliphatic carbocycles. The molecule has 3 N–H and O–H groups in total. The number of benzene rings is 2. The fraction of sp³-hybridized carbons (Fsp3) is 0.286. The molecular weight excluding hydrogens is 356 g/mol. The van der Waals surface area contributed by atoms with E-state index in [4.69, 9.17) is 0 Å². The SMILES string of the molecule is CC(=O)Nc1ccc(NC(=O)C2CCCN2C(=O)Nc2ccc(C)cc2)cc1. The molecule has 2 aromatic carbocycles. The van der Waals surface area contributed by atoms with Crippen LogP contribution in [0.2, 0.25) is 0 Å². The van der Waals surface area contributed by atoms with Crippen LogP contribution < -0.4 is 16.0 Å². The number of rotatable bonds is 4. The number of hydrogen-bond donors (Lipinski definition) is 3. The summed E-state index contributed by atoms with van der Waals surface area (Å²) in [5, 5.41) is 8.38. The maximum atomic E-state index is 12.7. The van der Waals surface area contributed by atoms with Gasteiger partial charge in [-0.2, -0.15) is 0 Å². The van der Waals surface area contributed by atoms with Gasteiger partial charge >= 0.3 is 6.03 Å². The number of amides is 4. The summed E-state index contributed by atoms with van der Waals surface area (Å²) in [6, 6.07) is 13.6. The van der Waals surface area contributed by atoms with E-state index in [2.05, 4.69) is 16.0 Å². The van der Waals surface area contributed by atoms with Gasteiger partial charge in [0.15, 0.2) is 0 Å². The first-order chi connectivity index (χ1) is 13.4. The Morgan fingerprint density at radius 2 is 1.39 bits per heavy atom. The van der Waals surface area contributed by atoms with Crippen LogP contribution in [0.1, 0.15) is 25.3 Å². The van der Waals surface area contributed by atoms with E-state index in [0.29, 0.717) is 30.0 Å². The van der Waals surface area contributed by atoms with Gasteiger partial charge in [0.05, 0.1) is 0 Å². The van der Waals surface area contributed by atoms with Gasteiger partial charge in [-0.15, -0.1) is 0 Å². The van der Waals surface area contributed by atoms with Crippen molar-refractivity contribution in [2.24, 2.45) is 0 Å². The summed E-state index contributed by atoms with van der Waals surface area (Å²) in [4.78, 5) is 37.9. The molecule has 7 heteroatoms. The minimum Gasteiger partial charge on any atom is -0.326 e. The van der Waals surface area contributed by atoms with E-state index < -0.39 is 6.04 Å². The predicted octanol–water partition coefficient (Wildman–Crippen LogP) is 3.59. The predicted molar refractivity (Wildman–Crippen MR) is 109 cm³/mol. The molecule has 28 heavy (non-hydrogen) atoms. The molecule has 7 nitrogen and oxygen atoms in total. The Bertz CT molecular complexity index is 862. The van der Waals surface area contributed by atoms with Crippen LogP contribution in [-0.4, -0.2) is 35.3 Å². The number of carbonyl (C=O) groups is 3. The van der Waals surface area contributed by atoms with Crippen LogP contribution in [0, 0.1) is 6.92 Å². The molecule has 1 aliphatic heterocycles. The van der Waals surface area contributed by atoms with Crippen LogP contribution in [0.3, 0.4) is 0 Å². The maximum Gasteiger partial charge on any atom is 0.322 e. The topological polar surface area (TPSA) is 90.5 Å². The van der Waals surface area contributed by atoms with Crippen molar-refractivity contribution in [3.63, 3.8) is 0 Å². The normalized spacial score (nSPS) is 15.8. The molecule has 0 saturated carbocycles. The zero-order chi connectivity index (χ0) is 20.1. The number of likely N-dealkylation sites (tertiary alicyclic amines) is 1. The monoisotopic (exact) mass is 380 g/mol.